The molecule has 0 spiro atoms. The van der Waals surface area contributed by atoms with Crippen molar-refractivity contribution in [3.8, 4) is 5.75 Å². The van der Waals surface area contributed by atoms with E-state index in [1.165, 1.54) is 12.1 Å². The van der Waals surface area contributed by atoms with Gasteiger partial charge in [-0.3, -0.25) is 9.38 Å². The molecule has 0 aliphatic rings. The highest BCUT2D eigenvalue weighted by Gasteiger charge is 2.30. The van der Waals surface area contributed by atoms with Crippen LogP contribution in [0, 0.1) is 0 Å². The predicted octanol–water partition coefficient (Wildman–Crippen LogP) is 4.01. The molecule has 1 aromatic rings. The van der Waals surface area contributed by atoms with E-state index in [1.807, 2.05) is 6.92 Å². The van der Waals surface area contributed by atoms with Gasteiger partial charge in [0, 0.05) is 13.6 Å². The molecular weight excluding hydrogens is 453 g/mol. The summed E-state index contributed by atoms with van der Waals surface area (Å²) in [5.74, 6) is 0.661. The van der Waals surface area contributed by atoms with Crippen molar-refractivity contribution in [2.75, 3.05) is 26.8 Å². The molecule has 1 unspecified atom stereocenters. The van der Waals surface area contributed by atoms with E-state index in [0.29, 0.717) is 31.9 Å². The molecule has 0 amide bonds. The number of hydrogen-bond donors (Lipinski definition) is 2. The minimum Gasteiger partial charge on any atom is -0.489 e. The maximum atomic E-state index is 12.7. The Balaban J connectivity index is 0.00000576. The van der Waals surface area contributed by atoms with Crippen molar-refractivity contribution in [2.24, 2.45) is 4.99 Å². The van der Waals surface area contributed by atoms with Crippen LogP contribution in [0.5, 0.6) is 5.75 Å². The number of benzene rings is 1. The summed E-state index contributed by atoms with van der Waals surface area (Å²) in [5, 5.41) is 5.95. The SMILES string of the molecule is CCC(CNC(=NC)NCCCF)Oc1cccc(C(F)(F)F)c1.I. The van der Waals surface area contributed by atoms with Gasteiger partial charge in [0.05, 0.1) is 18.8 Å². The fourth-order valence-electron chi connectivity index (χ4n) is 1.91. The molecule has 9 heteroatoms. The summed E-state index contributed by atoms with van der Waals surface area (Å²) in [6, 6.07) is 4.79. The molecule has 0 bridgehead atoms. The summed E-state index contributed by atoms with van der Waals surface area (Å²) in [5.41, 5.74) is -0.744. The summed E-state index contributed by atoms with van der Waals surface area (Å²) in [6.07, 6.45) is -3.75. The minimum atomic E-state index is -4.40. The standard InChI is InChI=1S/C16H23F4N3O.HI/c1-3-13(11-23-15(21-2)22-9-5-8-17)24-14-7-4-6-12(10-14)16(18,19)20;/h4,6-7,10,13H,3,5,8-9,11H2,1-2H3,(H2,21,22,23);1H. The molecule has 2 N–H and O–H groups in total. The maximum absolute atomic E-state index is 12.7. The lowest BCUT2D eigenvalue weighted by atomic mass is 10.2. The van der Waals surface area contributed by atoms with E-state index < -0.39 is 18.4 Å². The van der Waals surface area contributed by atoms with Gasteiger partial charge in [0.2, 0.25) is 0 Å². The van der Waals surface area contributed by atoms with Crippen LogP contribution >= 0.6 is 24.0 Å². The molecule has 1 aromatic carbocycles. The van der Waals surface area contributed by atoms with Gasteiger partial charge in [-0.25, -0.2) is 0 Å². The first-order valence-electron chi connectivity index (χ1n) is 7.75. The largest absolute Gasteiger partial charge is 0.489 e. The van der Waals surface area contributed by atoms with Crippen LogP contribution in [0.3, 0.4) is 0 Å². The van der Waals surface area contributed by atoms with Gasteiger partial charge in [0.15, 0.2) is 5.96 Å². The van der Waals surface area contributed by atoms with Gasteiger partial charge in [0.1, 0.15) is 11.9 Å². The number of halogens is 5. The van der Waals surface area contributed by atoms with Crippen molar-refractivity contribution >= 4 is 29.9 Å². The Labute approximate surface area is 162 Å². The van der Waals surface area contributed by atoms with E-state index in [9.17, 15) is 17.6 Å². The second-order valence-corrected chi connectivity index (χ2v) is 5.10. The summed E-state index contributed by atoms with van der Waals surface area (Å²) >= 11 is 0. The third kappa shape index (κ3) is 9.13. The van der Waals surface area contributed by atoms with Crippen LogP contribution in [0.15, 0.2) is 29.3 Å². The van der Waals surface area contributed by atoms with Crippen LogP contribution in [0.25, 0.3) is 0 Å². The van der Waals surface area contributed by atoms with Crippen molar-refractivity contribution in [3.63, 3.8) is 0 Å². The van der Waals surface area contributed by atoms with Crippen molar-refractivity contribution in [1.82, 2.24) is 10.6 Å². The van der Waals surface area contributed by atoms with Gasteiger partial charge < -0.3 is 15.4 Å². The molecule has 0 aliphatic heterocycles. The molecule has 0 aromatic heterocycles. The zero-order chi connectivity index (χ0) is 18.0. The molecule has 4 nitrogen and oxygen atoms in total. The molecule has 0 fully saturated rings. The first kappa shape index (κ1) is 23.7. The van der Waals surface area contributed by atoms with E-state index >= 15 is 0 Å². The Morgan fingerprint density at radius 1 is 1.28 bits per heavy atom. The maximum Gasteiger partial charge on any atom is 0.416 e. The lowest BCUT2D eigenvalue weighted by molar-refractivity contribution is -0.137. The summed E-state index contributed by atoms with van der Waals surface area (Å²) in [7, 11) is 1.58. The van der Waals surface area contributed by atoms with Gasteiger partial charge >= 0.3 is 6.18 Å². The molecule has 0 aliphatic carbocycles. The topological polar surface area (TPSA) is 45.7 Å². The van der Waals surface area contributed by atoms with Gasteiger partial charge in [-0.1, -0.05) is 13.0 Å². The molecule has 0 heterocycles. The Kier molecular flexibility index (Phi) is 11.5. The van der Waals surface area contributed by atoms with Crippen LogP contribution in [-0.4, -0.2) is 38.9 Å². The Bertz CT molecular complexity index is 526. The van der Waals surface area contributed by atoms with Crippen molar-refractivity contribution in [1.29, 1.82) is 0 Å². The fourth-order valence-corrected chi connectivity index (χ4v) is 1.91. The highest BCUT2D eigenvalue weighted by atomic mass is 127. The van der Waals surface area contributed by atoms with Gasteiger partial charge in [-0.2, -0.15) is 13.2 Å². The zero-order valence-electron chi connectivity index (χ0n) is 14.2. The van der Waals surface area contributed by atoms with Gasteiger partial charge in [-0.15, -0.1) is 24.0 Å². The number of guanidine groups is 1. The van der Waals surface area contributed by atoms with E-state index in [1.54, 1.807) is 7.05 Å². The third-order valence-electron chi connectivity index (χ3n) is 3.24. The molecule has 0 radical (unpaired) electrons. The molecular formula is C16H24F4IN3O. The van der Waals surface area contributed by atoms with Crippen LogP contribution in [0.2, 0.25) is 0 Å². The average molecular weight is 477 g/mol. The smallest absolute Gasteiger partial charge is 0.416 e. The number of alkyl halides is 4. The molecule has 144 valence electrons. The molecule has 25 heavy (non-hydrogen) atoms. The average Bonchev–Trinajstić information content (AvgIpc) is 2.56. The number of ether oxygens (including phenoxy) is 1. The highest BCUT2D eigenvalue weighted by molar-refractivity contribution is 14.0. The van der Waals surface area contributed by atoms with E-state index in [4.69, 9.17) is 4.74 Å². The number of hydrogen-bond acceptors (Lipinski definition) is 2. The quantitative estimate of drug-likeness (QED) is 0.196. The summed E-state index contributed by atoms with van der Waals surface area (Å²) in [6.45, 7) is 2.27. The monoisotopic (exact) mass is 477 g/mol. The van der Waals surface area contributed by atoms with Gasteiger partial charge in [-0.05, 0) is 31.0 Å². The fraction of sp³-hybridized carbons (Fsp3) is 0.562. The van der Waals surface area contributed by atoms with Crippen LogP contribution in [0.4, 0.5) is 17.6 Å². The Hall–Kier alpha value is -1.26. The Morgan fingerprint density at radius 2 is 2.00 bits per heavy atom. The lowest BCUT2D eigenvalue weighted by Crippen LogP contribution is -2.42. The number of nitrogens with one attached hydrogen (secondary N) is 2. The summed E-state index contributed by atoms with van der Waals surface area (Å²) < 4.78 is 55.8. The zero-order valence-corrected chi connectivity index (χ0v) is 16.5. The number of rotatable bonds is 8. The molecule has 0 saturated carbocycles. The van der Waals surface area contributed by atoms with Crippen LogP contribution in [0.1, 0.15) is 25.3 Å². The normalized spacial score (nSPS) is 13.0. The molecule has 1 rings (SSSR count). The number of aliphatic imine (C=N–C) groups is 1. The van der Waals surface area contributed by atoms with Crippen molar-refractivity contribution < 1.29 is 22.3 Å². The second-order valence-electron chi connectivity index (χ2n) is 5.10. The van der Waals surface area contributed by atoms with E-state index in [-0.39, 0.29) is 35.8 Å². The van der Waals surface area contributed by atoms with E-state index in [0.717, 1.165) is 12.1 Å². The predicted molar refractivity (Wildman–Crippen MR) is 102 cm³/mol. The van der Waals surface area contributed by atoms with Crippen molar-refractivity contribution in [3.05, 3.63) is 29.8 Å². The van der Waals surface area contributed by atoms with Crippen molar-refractivity contribution in [2.45, 2.75) is 32.0 Å². The Morgan fingerprint density at radius 3 is 2.56 bits per heavy atom. The lowest BCUT2D eigenvalue weighted by Gasteiger charge is -2.20. The van der Waals surface area contributed by atoms with Gasteiger partial charge in [0.25, 0.3) is 0 Å². The third-order valence-corrected chi connectivity index (χ3v) is 3.24. The first-order valence-corrected chi connectivity index (χ1v) is 7.75. The minimum absolute atomic E-state index is 0. The second kappa shape index (κ2) is 12.2. The number of nitrogens with zero attached hydrogens (tertiary/aromatic N) is 1. The van der Waals surface area contributed by atoms with Crippen LogP contribution in [-0.2, 0) is 6.18 Å². The first-order chi connectivity index (χ1) is 11.4. The van der Waals surface area contributed by atoms with Crippen LogP contribution < -0.4 is 15.4 Å². The molecule has 0 saturated heterocycles. The molecule has 1 atom stereocenters. The highest BCUT2D eigenvalue weighted by Crippen LogP contribution is 2.31. The van der Waals surface area contributed by atoms with E-state index in [2.05, 4.69) is 15.6 Å². The summed E-state index contributed by atoms with van der Waals surface area (Å²) in [4.78, 5) is 3.99.